The molecule has 0 aliphatic carbocycles. The number of pyridine rings is 1. The number of hydrogen-bond donors (Lipinski definition) is 1. The summed E-state index contributed by atoms with van der Waals surface area (Å²) in [6.45, 7) is 0. The first kappa shape index (κ1) is 13.6. The van der Waals surface area contributed by atoms with E-state index in [9.17, 15) is 8.42 Å². The van der Waals surface area contributed by atoms with Crippen molar-refractivity contribution in [3.05, 3.63) is 41.6 Å². The molecule has 0 amide bonds. The molecular formula is C12H11ClN2O3S. The van der Waals surface area contributed by atoms with E-state index in [1.807, 2.05) is 0 Å². The normalized spacial score (nSPS) is 11.3. The Bertz CT molecular complexity index is 717. The summed E-state index contributed by atoms with van der Waals surface area (Å²) in [5.41, 5.74) is 6.05. The van der Waals surface area contributed by atoms with Crippen molar-refractivity contribution >= 4 is 27.1 Å². The number of rotatable bonds is 3. The molecule has 1 aromatic carbocycles. The summed E-state index contributed by atoms with van der Waals surface area (Å²) in [4.78, 5) is 3.92. The van der Waals surface area contributed by atoms with E-state index in [0.29, 0.717) is 16.5 Å². The topological polar surface area (TPSA) is 82.3 Å². The first-order valence-corrected chi connectivity index (χ1v) is 7.53. The monoisotopic (exact) mass is 298 g/mol. The lowest BCUT2D eigenvalue weighted by atomic mass is 10.3. The quantitative estimate of drug-likeness (QED) is 0.880. The number of nitrogens with zero attached hydrogens (tertiary/aromatic N) is 1. The second-order valence-electron chi connectivity index (χ2n) is 3.86. The lowest BCUT2D eigenvalue weighted by molar-refractivity contribution is 0.449. The lowest BCUT2D eigenvalue weighted by Gasteiger charge is -2.10. The van der Waals surface area contributed by atoms with Gasteiger partial charge in [-0.25, -0.2) is 13.4 Å². The van der Waals surface area contributed by atoms with Crippen LogP contribution in [-0.4, -0.2) is 19.7 Å². The molecule has 19 heavy (non-hydrogen) atoms. The number of aromatic nitrogens is 1. The molecule has 2 N–H and O–H groups in total. The molecule has 1 heterocycles. The van der Waals surface area contributed by atoms with Gasteiger partial charge < -0.3 is 10.5 Å². The smallest absolute Gasteiger partial charge is 0.238 e. The molecule has 0 aliphatic heterocycles. The molecule has 0 saturated carbocycles. The van der Waals surface area contributed by atoms with Crippen molar-refractivity contribution in [2.24, 2.45) is 0 Å². The third kappa shape index (κ3) is 3.15. The third-order valence-electron chi connectivity index (χ3n) is 2.31. The summed E-state index contributed by atoms with van der Waals surface area (Å²) < 4.78 is 28.7. The van der Waals surface area contributed by atoms with Crippen molar-refractivity contribution in [3.8, 4) is 11.6 Å². The fourth-order valence-electron chi connectivity index (χ4n) is 1.45. The summed E-state index contributed by atoms with van der Waals surface area (Å²) in [5, 5.41) is 0.467. The number of nitrogen functional groups attached to an aromatic ring is 1. The number of halogens is 1. The molecule has 1 aromatic heterocycles. The standard InChI is InChI=1S/C12H11ClN2O3S/c1-19(16,17)11-3-2-6-15-12(11)18-10-5-4-8(13)7-9(10)14/h2-7H,14H2,1H3. The van der Waals surface area contributed by atoms with Gasteiger partial charge in [-0.05, 0) is 30.3 Å². The van der Waals surface area contributed by atoms with Crippen LogP contribution in [-0.2, 0) is 9.84 Å². The van der Waals surface area contributed by atoms with Gasteiger partial charge in [0.15, 0.2) is 15.6 Å². The predicted octanol–water partition coefficient (Wildman–Crippen LogP) is 2.51. The van der Waals surface area contributed by atoms with Gasteiger partial charge in [-0.3, -0.25) is 0 Å². The van der Waals surface area contributed by atoms with Gasteiger partial charge in [0.2, 0.25) is 5.88 Å². The van der Waals surface area contributed by atoms with Crippen LogP contribution in [0.4, 0.5) is 5.69 Å². The Kier molecular flexibility index (Phi) is 3.64. The van der Waals surface area contributed by atoms with Gasteiger partial charge in [-0.15, -0.1) is 0 Å². The zero-order valence-electron chi connectivity index (χ0n) is 10.00. The maximum absolute atomic E-state index is 11.6. The van der Waals surface area contributed by atoms with E-state index in [-0.39, 0.29) is 10.8 Å². The van der Waals surface area contributed by atoms with Gasteiger partial charge in [0.1, 0.15) is 4.90 Å². The van der Waals surface area contributed by atoms with Crippen molar-refractivity contribution in [1.29, 1.82) is 0 Å². The van der Waals surface area contributed by atoms with Gasteiger partial charge in [-0.2, -0.15) is 0 Å². The van der Waals surface area contributed by atoms with E-state index in [1.165, 1.54) is 24.4 Å². The number of sulfone groups is 1. The summed E-state index contributed by atoms with van der Waals surface area (Å²) >= 11 is 5.78. The predicted molar refractivity (Wildman–Crippen MR) is 73.3 cm³/mol. The first-order chi connectivity index (χ1) is 8.88. The van der Waals surface area contributed by atoms with Gasteiger partial charge >= 0.3 is 0 Å². The number of ether oxygens (including phenoxy) is 1. The summed E-state index contributed by atoms with van der Waals surface area (Å²) in [6.07, 6.45) is 2.53. The van der Waals surface area contributed by atoms with Crippen LogP contribution in [0.2, 0.25) is 5.02 Å². The third-order valence-corrected chi connectivity index (χ3v) is 3.66. The number of nitrogens with two attached hydrogens (primary N) is 1. The molecule has 0 aliphatic rings. The minimum Gasteiger partial charge on any atom is -0.436 e. The summed E-state index contributed by atoms with van der Waals surface area (Å²) in [5.74, 6) is 0.284. The minimum absolute atomic E-state index is 0.00403. The molecule has 7 heteroatoms. The van der Waals surface area contributed by atoms with Crippen LogP contribution in [0.3, 0.4) is 0 Å². The van der Waals surface area contributed by atoms with Crippen LogP contribution in [0.15, 0.2) is 41.4 Å². The van der Waals surface area contributed by atoms with Crippen LogP contribution in [0.5, 0.6) is 11.6 Å². The Morgan fingerprint density at radius 3 is 2.68 bits per heavy atom. The van der Waals surface area contributed by atoms with Crippen molar-refractivity contribution in [1.82, 2.24) is 4.98 Å². The SMILES string of the molecule is CS(=O)(=O)c1cccnc1Oc1ccc(Cl)cc1N. The Morgan fingerprint density at radius 1 is 1.32 bits per heavy atom. The van der Waals surface area contributed by atoms with Gasteiger partial charge in [-0.1, -0.05) is 11.6 Å². The highest BCUT2D eigenvalue weighted by atomic mass is 35.5. The van der Waals surface area contributed by atoms with Crippen molar-refractivity contribution in [2.45, 2.75) is 4.90 Å². The van der Waals surface area contributed by atoms with E-state index in [1.54, 1.807) is 12.1 Å². The second kappa shape index (κ2) is 5.07. The van der Waals surface area contributed by atoms with E-state index >= 15 is 0 Å². The maximum atomic E-state index is 11.6. The van der Waals surface area contributed by atoms with Gasteiger partial charge in [0, 0.05) is 17.5 Å². The largest absolute Gasteiger partial charge is 0.436 e. The lowest BCUT2D eigenvalue weighted by Crippen LogP contribution is -2.02. The molecule has 0 radical (unpaired) electrons. The Morgan fingerprint density at radius 2 is 2.05 bits per heavy atom. The molecule has 2 aromatic rings. The fourth-order valence-corrected chi connectivity index (χ4v) is 2.37. The van der Waals surface area contributed by atoms with E-state index < -0.39 is 9.84 Å². The van der Waals surface area contributed by atoms with Crippen molar-refractivity contribution in [2.75, 3.05) is 12.0 Å². The zero-order chi connectivity index (χ0) is 14.0. The van der Waals surface area contributed by atoms with Crippen LogP contribution in [0.1, 0.15) is 0 Å². The van der Waals surface area contributed by atoms with Crippen molar-refractivity contribution in [3.63, 3.8) is 0 Å². The Labute approximate surface area is 115 Å². The number of hydrogen-bond acceptors (Lipinski definition) is 5. The highest BCUT2D eigenvalue weighted by Gasteiger charge is 2.16. The highest BCUT2D eigenvalue weighted by Crippen LogP contribution is 2.31. The molecule has 2 rings (SSSR count). The average Bonchev–Trinajstić information content (AvgIpc) is 2.32. The van der Waals surface area contributed by atoms with Crippen LogP contribution in [0, 0.1) is 0 Å². The molecule has 0 spiro atoms. The number of benzene rings is 1. The Hall–Kier alpha value is -1.79. The van der Waals surface area contributed by atoms with E-state index in [2.05, 4.69) is 4.98 Å². The maximum Gasteiger partial charge on any atom is 0.238 e. The van der Waals surface area contributed by atoms with E-state index in [0.717, 1.165) is 6.26 Å². The number of anilines is 1. The fraction of sp³-hybridized carbons (Fsp3) is 0.0833. The molecule has 0 bridgehead atoms. The summed E-state index contributed by atoms with van der Waals surface area (Å²) in [7, 11) is -3.43. The second-order valence-corrected chi connectivity index (χ2v) is 6.28. The first-order valence-electron chi connectivity index (χ1n) is 5.26. The molecule has 0 atom stereocenters. The highest BCUT2D eigenvalue weighted by molar-refractivity contribution is 7.90. The van der Waals surface area contributed by atoms with Gasteiger partial charge in [0.05, 0.1) is 5.69 Å². The van der Waals surface area contributed by atoms with Crippen LogP contribution >= 0.6 is 11.6 Å². The van der Waals surface area contributed by atoms with E-state index in [4.69, 9.17) is 22.1 Å². The minimum atomic E-state index is -3.43. The Balaban J connectivity index is 2.44. The molecular weight excluding hydrogens is 288 g/mol. The molecule has 100 valence electrons. The molecule has 0 fully saturated rings. The molecule has 5 nitrogen and oxygen atoms in total. The average molecular weight is 299 g/mol. The van der Waals surface area contributed by atoms with Crippen LogP contribution in [0.25, 0.3) is 0 Å². The summed E-state index contributed by atoms with van der Waals surface area (Å²) in [6, 6.07) is 7.60. The van der Waals surface area contributed by atoms with Crippen LogP contribution < -0.4 is 10.5 Å². The zero-order valence-corrected chi connectivity index (χ0v) is 11.6. The molecule has 0 unspecified atom stereocenters. The molecule has 0 saturated heterocycles. The van der Waals surface area contributed by atoms with Gasteiger partial charge in [0.25, 0.3) is 0 Å². The van der Waals surface area contributed by atoms with Crippen molar-refractivity contribution < 1.29 is 13.2 Å².